The second-order valence-electron chi connectivity index (χ2n) is 13.7. The van der Waals surface area contributed by atoms with Gasteiger partial charge in [-0.15, -0.1) is 0 Å². The van der Waals surface area contributed by atoms with Gasteiger partial charge in [0.2, 0.25) is 0 Å². The van der Waals surface area contributed by atoms with E-state index in [0.29, 0.717) is 19.3 Å². The molecule has 0 aromatic heterocycles. The molecule has 0 aromatic carbocycles. The Labute approximate surface area is 338 Å². The number of hydrogen-bond donors (Lipinski definition) is 3. The van der Waals surface area contributed by atoms with Gasteiger partial charge in [0.1, 0.15) is 12.6 Å². The summed E-state index contributed by atoms with van der Waals surface area (Å²) in [6.45, 7) is 2.60. The molecule has 3 atom stereocenters. The van der Waals surface area contributed by atoms with Crippen molar-refractivity contribution in [1.82, 2.24) is 0 Å². The van der Waals surface area contributed by atoms with Crippen LogP contribution in [0.5, 0.6) is 0 Å². The molecule has 0 radical (unpaired) electrons. The van der Waals surface area contributed by atoms with Crippen LogP contribution >= 0.6 is 7.82 Å². The molecular formula is C44H74NO10P. The standard InChI is InChI=1S/C44H74NO10P/c1-3-5-7-9-11-13-15-17-19-20-22-24-26-28-30-32-34-36-43(47)55-40(38-53-56(50,51)54-39-41(45)44(48)49)37-52-42(46)35-33-31-29-27-25-23-21-18-16-14-12-10-8-6-4-2/h6,8,12,14,17-19,21-22,24,28,30,40-41H,3-5,7,9-11,13,15-16,20,23,25-27,29,31-39,45H2,1-2H3,(H,48,49)(H,50,51)/b8-6+,14-12+,19-17+,21-18+,24-22+,30-28+/t40-,41+/m1/s1. The first kappa shape index (κ1) is 52.9. The highest BCUT2D eigenvalue weighted by molar-refractivity contribution is 7.47. The van der Waals surface area contributed by atoms with Crippen molar-refractivity contribution in [3.8, 4) is 0 Å². The third kappa shape index (κ3) is 37.8. The van der Waals surface area contributed by atoms with Crippen molar-refractivity contribution in [3.63, 3.8) is 0 Å². The molecular weight excluding hydrogens is 733 g/mol. The van der Waals surface area contributed by atoms with Gasteiger partial charge in [-0.1, -0.05) is 138 Å². The first-order valence-corrected chi connectivity index (χ1v) is 22.5. The summed E-state index contributed by atoms with van der Waals surface area (Å²) in [4.78, 5) is 45.9. The van der Waals surface area contributed by atoms with E-state index in [2.05, 4.69) is 79.1 Å². The minimum absolute atomic E-state index is 0.0819. The lowest BCUT2D eigenvalue weighted by atomic mass is 10.1. The van der Waals surface area contributed by atoms with E-state index in [-0.39, 0.29) is 19.4 Å². The molecule has 0 spiro atoms. The largest absolute Gasteiger partial charge is 0.480 e. The Morgan fingerprint density at radius 3 is 1.55 bits per heavy atom. The van der Waals surface area contributed by atoms with Crippen LogP contribution in [-0.4, -0.2) is 59.9 Å². The van der Waals surface area contributed by atoms with Gasteiger partial charge < -0.3 is 25.2 Å². The van der Waals surface area contributed by atoms with Gasteiger partial charge in [0.15, 0.2) is 6.10 Å². The number of ether oxygens (including phenoxy) is 2. The van der Waals surface area contributed by atoms with Crippen LogP contribution in [0.15, 0.2) is 72.9 Å². The van der Waals surface area contributed by atoms with Crippen LogP contribution in [0.2, 0.25) is 0 Å². The molecule has 0 bridgehead atoms. The molecule has 0 saturated heterocycles. The molecule has 11 nitrogen and oxygen atoms in total. The minimum atomic E-state index is -4.74. The molecule has 0 amide bonds. The number of carboxylic acids is 1. The average Bonchev–Trinajstić information content (AvgIpc) is 3.17. The number of allylic oxidation sites excluding steroid dienone is 12. The van der Waals surface area contributed by atoms with E-state index in [4.69, 9.17) is 24.8 Å². The van der Waals surface area contributed by atoms with Crippen LogP contribution in [0.4, 0.5) is 0 Å². The van der Waals surface area contributed by atoms with Gasteiger partial charge in [-0.05, 0) is 77.0 Å². The highest BCUT2D eigenvalue weighted by atomic mass is 31.2. The summed E-state index contributed by atoms with van der Waals surface area (Å²) in [5.74, 6) is -2.48. The van der Waals surface area contributed by atoms with Crippen molar-refractivity contribution in [2.45, 2.75) is 167 Å². The second kappa shape index (κ2) is 38.8. The third-order valence-electron chi connectivity index (χ3n) is 8.44. The fraction of sp³-hybridized carbons (Fsp3) is 0.659. The number of esters is 2. The number of aliphatic carboxylic acids is 1. The molecule has 0 aliphatic carbocycles. The molecule has 1 unspecified atom stereocenters. The first-order chi connectivity index (χ1) is 27.1. The van der Waals surface area contributed by atoms with Crippen LogP contribution in [0.25, 0.3) is 0 Å². The number of carbonyl (C=O) groups is 3. The monoisotopic (exact) mass is 808 g/mol. The van der Waals surface area contributed by atoms with Gasteiger partial charge in [-0.2, -0.15) is 0 Å². The minimum Gasteiger partial charge on any atom is -0.480 e. The maximum absolute atomic E-state index is 12.6. The molecule has 12 heteroatoms. The van der Waals surface area contributed by atoms with E-state index >= 15 is 0 Å². The number of unbranched alkanes of at least 4 members (excludes halogenated alkanes) is 12. The van der Waals surface area contributed by atoms with Crippen molar-refractivity contribution in [3.05, 3.63) is 72.9 Å². The lowest BCUT2D eigenvalue weighted by Crippen LogP contribution is -2.34. The van der Waals surface area contributed by atoms with Gasteiger partial charge in [-0.25, -0.2) is 4.57 Å². The molecule has 0 heterocycles. The smallest absolute Gasteiger partial charge is 0.472 e. The van der Waals surface area contributed by atoms with Gasteiger partial charge in [0.25, 0.3) is 0 Å². The summed E-state index contributed by atoms with van der Waals surface area (Å²) in [5, 5.41) is 8.88. The Bertz CT molecular complexity index is 1230. The number of nitrogens with two attached hydrogens (primary N) is 1. The van der Waals surface area contributed by atoms with Crippen LogP contribution in [0, 0.1) is 0 Å². The van der Waals surface area contributed by atoms with Crippen LogP contribution < -0.4 is 5.73 Å². The summed E-state index contributed by atoms with van der Waals surface area (Å²) >= 11 is 0. The molecule has 0 fully saturated rings. The Morgan fingerprint density at radius 2 is 1.02 bits per heavy atom. The molecule has 0 aliphatic heterocycles. The van der Waals surface area contributed by atoms with Gasteiger partial charge in [0.05, 0.1) is 13.2 Å². The van der Waals surface area contributed by atoms with Gasteiger partial charge >= 0.3 is 25.7 Å². The highest BCUT2D eigenvalue weighted by Gasteiger charge is 2.28. The van der Waals surface area contributed by atoms with Gasteiger partial charge in [-0.3, -0.25) is 23.4 Å². The summed E-state index contributed by atoms with van der Waals surface area (Å²) in [5.41, 5.74) is 5.32. The number of phosphoric acid groups is 1. The molecule has 0 aromatic rings. The summed E-state index contributed by atoms with van der Waals surface area (Å²) in [6, 6.07) is -1.53. The van der Waals surface area contributed by atoms with Crippen LogP contribution in [-0.2, 0) is 37.5 Å². The number of rotatable bonds is 38. The first-order valence-electron chi connectivity index (χ1n) is 21.0. The van der Waals surface area contributed by atoms with E-state index in [1.54, 1.807) is 0 Å². The van der Waals surface area contributed by atoms with E-state index in [9.17, 15) is 23.8 Å². The predicted molar refractivity (Wildman–Crippen MR) is 226 cm³/mol. The van der Waals surface area contributed by atoms with Crippen molar-refractivity contribution < 1.29 is 47.5 Å². The molecule has 0 aliphatic rings. The van der Waals surface area contributed by atoms with Crippen molar-refractivity contribution in [2.24, 2.45) is 5.73 Å². The van der Waals surface area contributed by atoms with E-state index in [1.807, 2.05) is 12.2 Å². The lowest BCUT2D eigenvalue weighted by molar-refractivity contribution is -0.161. The Hall–Kier alpha value is -3.08. The Morgan fingerprint density at radius 1 is 0.571 bits per heavy atom. The molecule has 0 rings (SSSR count). The topological polar surface area (TPSA) is 172 Å². The Balaban J connectivity index is 4.52. The normalized spacial score (nSPS) is 14.5. The zero-order valence-corrected chi connectivity index (χ0v) is 35.3. The number of phosphoric ester groups is 1. The third-order valence-corrected chi connectivity index (χ3v) is 9.39. The summed E-state index contributed by atoms with van der Waals surface area (Å²) in [6.07, 6.45) is 45.5. The number of carboxylic acid groups (broad SMARTS) is 1. The van der Waals surface area contributed by atoms with E-state index in [0.717, 1.165) is 70.6 Å². The fourth-order valence-corrected chi connectivity index (χ4v) is 5.93. The maximum atomic E-state index is 12.6. The van der Waals surface area contributed by atoms with Crippen LogP contribution in [0.1, 0.15) is 155 Å². The lowest BCUT2D eigenvalue weighted by Gasteiger charge is -2.20. The molecule has 4 N–H and O–H groups in total. The van der Waals surface area contributed by atoms with Crippen molar-refractivity contribution >= 4 is 25.7 Å². The second-order valence-corrected chi connectivity index (χ2v) is 15.2. The number of carbonyl (C=O) groups excluding carboxylic acids is 2. The van der Waals surface area contributed by atoms with Crippen molar-refractivity contribution in [2.75, 3.05) is 19.8 Å². The molecule has 320 valence electrons. The summed E-state index contributed by atoms with van der Waals surface area (Å²) < 4.78 is 32.6. The molecule has 56 heavy (non-hydrogen) atoms. The zero-order valence-electron chi connectivity index (χ0n) is 34.4. The highest BCUT2D eigenvalue weighted by Crippen LogP contribution is 2.43. The molecule has 0 saturated carbocycles. The zero-order chi connectivity index (χ0) is 41.4. The summed E-state index contributed by atoms with van der Waals surface area (Å²) in [7, 11) is -4.74. The van der Waals surface area contributed by atoms with Crippen LogP contribution in [0.3, 0.4) is 0 Å². The van der Waals surface area contributed by atoms with E-state index < -0.39 is 51.1 Å². The SMILES string of the molecule is CC/C=C/C/C=C/C/C=C/CCCCCCCC(=O)OC[C@H](COP(=O)(O)OC[C@H](N)C(=O)O)OC(=O)CCC/C=C/C/C=C/C/C=C/CCCCCCCC. The Kier molecular flexibility index (Phi) is 36.6. The average molecular weight is 808 g/mol. The maximum Gasteiger partial charge on any atom is 0.472 e. The van der Waals surface area contributed by atoms with Gasteiger partial charge in [0, 0.05) is 12.8 Å². The quantitative estimate of drug-likeness (QED) is 0.0235. The fourth-order valence-electron chi connectivity index (χ4n) is 5.15. The predicted octanol–water partition coefficient (Wildman–Crippen LogP) is 10.9. The van der Waals surface area contributed by atoms with E-state index in [1.165, 1.54) is 38.5 Å². The van der Waals surface area contributed by atoms with Crippen molar-refractivity contribution in [1.29, 1.82) is 0 Å². The number of hydrogen-bond acceptors (Lipinski definition) is 9.